The van der Waals surface area contributed by atoms with E-state index in [9.17, 15) is 9.90 Å². The third kappa shape index (κ3) is 3.62. The largest absolute Gasteiger partial charge is 0.466 e. The Kier molecular flexibility index (Phi) is 5.74. The van der Waals surface area contributed by atoms with Crippen LogP contribution in [0.25, 0.3) is 11.0 Å². The highest BCUT2D eigenvalue weighted by Gasteiger charge is 2.26. The van der Waals surface area contributed by atoms with Crippen molar-refractivity contribution >= 4 is 17.0 Å². The van der Waals surface area contributed by atoms with Crippen LogP contribution in [0.4, 0.5) is 4.39 Å². The molecule has 3 rings (SSSR count). The highest BCUT2D eigenvalue weighted by molar-refractivity contribution is 5.80. The lowest BCUT2D eigenvalue weighted by atomic mass is 9.85. The van der Waals surface area contributed by atoms with Crippen molar-refractivity contribution in [3.8, 4) is 0 Å². The summed E-state index contributed by atoms with van der Waals surface area (Å²) >= 11 is 0. The molecule has 0 aliphatic heterocycles. The minimum atomic E-state index is -0.560. The first-order valence-electron chi connectivity index (χ1n) is 9.21. The maximum atomic E-state index is 15.4. The molecule has 1 unspecified atom stereocenters. The standard InChI is InChI=1S/C21H24FN3O3/c1-5-28-18(27)10-16(14-7-6-12(2)15(9-14)11-26)17-8-13(3)21-20(19(17)22)23-24-25(21)4/h6-9,16,26H,5,10-11H2,1-4H3. The van der Waals surface area contributed by atoms with E-state index in [-0.39, 0.29) is 25.2 Å². The van der Waals surface area contributed by atoms with Crippen LogP contribution < -0.4 is 0 Å². The minimum Gasteiger partial charge on any atom is -0.466 e. The number of rotatable bonds is 6. The van der Waals surface area contributed by atoms with Gasteiger partial charge in [0.1, 0.15) is 5.52 Å². The maximum absolute atomic E-state index is 15.4. The second-order valence-electron chi connectivity index (χ2n) is 6.91. The number of aliphatic hydroxyl groups is 1. The number of ether oxygens (including phenoxy) is 1. The van der Waals surface area contributed by atoms with Crippen LogP contribution in [0.15, 0.2) is 24.3 Å². The van der Waals surface area contributed by atoms with Crippen molar-refractivity contribution < 1.29 is 19.0 Å². The molecule has 0 fully saturated rings. The van der Waals surface area contributed by atoms with Gasteiger partial charge in [-0.25, -0.2) is 9.07 Å². The van der Waals surface area contributed by atoms with Gasteiger partial charge in [0.15, 0.2) is 5.82 Å². The van der Waals surface area contributed by atoms with Gasteiger partial charge in [-0.2, -0.15) is 0 Å². The summed E-state index contributed by atoms with van der Waals surface area (Å²) in [6, 6.07) is 7.27. The molecule has 2 aromatic carbocycles. The number of esters is 1. The summed E-state index contributed by atoms with van der Waals surface area (Å²) in [7, 11) is 1.71. The van der Waals surface area contributed by atoms with Crippen LogP contribution in [-0.2, 0) is 23.2 Å². The van der Waals surface area contributed by atoms with E-state index < -0.39 is 17.7 Å². The zero-order chi connectivity index (χ0) is 20.4. The van der Waals surface area contributed by atoms with Gasteiger partial charge in [-0.3, -0.25) is 4.79 Å². The van der Waals surface area contributed by atoms with Gasteiger partial charge in [-0.05, 0) is 48.6 Å². The molecule has 1 atom stereocenters. The fourth-order valence-electron chi connectivity index (χ4n) is 3.57. The number of hydrogen-bond acceptors (Lipinski definition) is 5. The number of aryl methyl sites for hydroxylation is 3. The molecule has 148 valence electrons. The van der Waals surface area contributed by atoms with Crippen LogP contribution >= 0.6 is 0 Å². The molecule has 1 N–H and O–H groups in total. The van der Waals surface area contributed by atoms with Crippen molar-refractivity contribution in [3.05, 3.63) is 57.9 Å². The van der Waals surface area contributed by atoms with E-state index in [4.69, 9.17) is 4.74 Å². The summed E-state index contributed by atoms with van der Waals surface area (Å²) in [5.74, 6) is -1.46. The first-order chi connectivity index (χ1) is 13.4. The smallest absolute Gasteiger partial charge is 0.306 e. The van der Waals surface area contributed by atoms with Gasteiger partial charge in [0.05, 0.1) is 25.2 Å². The lowest BCUT2D eigenvalue weighted by Gasteiger charge is -2.20. The van der Waals surface area contributed by atoms with E-state index in [0.29, 0.717) is 11.1 Å². The second-order valence-corrected chi connectivity index (χ2v) is 6.91. The third-order valence-electron chi connectivity index (χ3n) is 5.03. The van der Waals surface area contributed by atoms with E-state index in [1.165, 1.54) is 4.68 Å². The molecule has 3 aromatic rings. The van der Waals surface area contributed by atoms with E-state index in [2.05, 4.69) is 10.3 Å². The van der Waals surface area contributed by atoms with E-state index in [1.807, 2.05) is 32.0 Å². The summed E-state index contributed by atoms with van der Waals surface area (Å²) < 4.78 is 22.0. The lowest BCUT2D eigenvalue weighted by molar-refractivity contribution is -0.143. The van der Waals surface area contributed by atoms with Gasteiger partial charge >= 0.3 is 5.97 Å². The van der Waals surface area contributed by atoms with Gasteiger partial charge in [0, 0.05) is 13.0 Å². The zero-order valence-corrected chi connectivity index (χ0v) is 16.5. The minimum absolute atomic E-state index is 0.0100. The first-order valence-corrected chi connectivity index (χ1v) is 9.21. The monoisotopic (exact) mass is 385 g/mol. The van der Waals surface area contributed by atoms with Crippen LogP contribution in [0.2, 0.25) is 0 Å². The molecule has 0 aliphatic carbocycles. The number of benzene rings is 2. The zero-order valence-electron chi connectivity index (χ0n) is 16.5. The van der Waals surface area contributed by atoms with Gasteiger partial charge < -0.3 is 9.84 Å². The van der Waals surface area contributed by atoms with Crippen LogP contribution in [-0.4, -0.2) is 32.7 Å². The molecule has 7 heteroatoms. The third-order valence-corrected chi connectivity index (χ3v) is 5.03. The molecule has 1 heterocycles. The number of fused-ring (bicyclic) bond motifs is 1. The Labute approximate surface area is 162 Å². The van der Waals surface area contributed by atoms with Crippen molar-refractivity contribution in [1.82, 2.24) is 15.0 Å². The summed E-state index contributed by atoms with van der Waals surface area (Å²) in [6.07, 6.45) is -0.0100. The Morgan fingerprint density at radius 3 is 2.71 bits per heavy atom. The highest BCUT2D eigenvalue weighted by atomic mass is 19.1. The fourth-order valence-corrected chi connectivity index (χ4v) is 3.57. The number of aliphatic hydroxyl groups excluding tert-OH is 1. The molecular weight excluding hydrogens is 361 g/mol. The molecule has 1 aromatic heterocycles. The molecule has 28 heavy (non-hydrogen) atoms. The van der Waals surface area contributed by atoms with Gasteiger partial charge in [-0.1, -0.05) is 29.5 Å². The molecule has 0 saturated carbocycles. The van der Waals surface area contributed by atoms with E-state index in [1.54, 1.807) is 20.0 Å². The normalized spacial score (nSPS) is 12.4. The Morgan fingerprint density at radius 2 is 2.04 bits per heavy atom. The van der Waals surface area contributed by atoms with Crippen molar-refractivity contribution in [2.24, 2.45) is 7.05 Å². The van der Waals surface area contributed by atoms with Crippen molar-refractivity contribution in [2.45, 2.75) is 39.7 Å². The van der Waals surface area contributed by atoms with Gasteiger partial charge in [0.25, 0.3) is 0 Å². The summed E-state index contributed by atoms with van der Waals surface area (Å²) in [5.41, 5.74) is 4.40. The molecule has 0 amide bonds. The average molecular weight is 385 g/mol. The summed E-state index contributed by atoms with van der Waals surface area (Å²) in [4.78, 5) is 12.3. The Hall–Kier alpha value is -2.80. The molecule has 0 bridgehead atoms. The number of carbonyl (C=O) groups is 1. The van der Waals surface area contributed by atoms with Crippen molar-refractivity contribution in [2.75, 3.05) is 6.61 Å². The van der Waals surface area contributed by atoms with E-state index in [0.717, 1.165) is 22.3 Å². The highest BCUT2D eigenvalue weighted by Crippen LogP contribution is 2.35. The van der Waals surface area contributed by atoms with Crippen LogP contribution in [0.1, 0.15) is 47.1 Å². The van der Waals surface area contributed by atoms with Gasteiger partial charge in [-0.15, -0.1) is 5.10 Å². The molecule has 6 nitrogen and oxygen atoms in total. The molecule has 0 radical (unpaired) electrons. The maximum Gasteiger partial charge on any atom is 0.306 e. The number of nitrogens with zero attached hydrogens (tertiary/aromatic N) is 3. The SMILES string of the molecule is CCOC(=O)CC(c1ccc(C)c(CO)c1)c1cc(C)c2c(nnn2C)c1F. The predicted octanol–water partition coefficient (Wildman–Crippen LogP) is 3.30. The Bertz CT molecular complexity index is 1030. The topological polar surface area (TPSA) is 77.2 Å². The Morgan fingerprint density at radius 1 is 1.29 bits per heavy atom. The van der Waals surface area contributed by atoms with Crippen LogP contribution in [0.5, 0.6) is 0 Å². The van der Waals surface area contributed by atoms with Crippen molar-refractivity contribution in [1.29, 1.82) is 0 Å². The quantitative estimate of drug-likeness (QED) is 0.659. The fraction of sp³-hybridized carbons (Fsp3) is 0.381. The first kappa shape index (κ1) is 19.9. The lowest BCUT2D eigenvalue weighted by Crippen LogP contribution is -2.14. The number of aromatic nitrogens is 3. The van der Waals surface area contributed by atoms with E-state index >= 15 is 4.39 Å². The molecular formula is C21H24FN3O3. The number of hydrogen-bond donors (Lipinski definition) is 1. The predicted molar refractivity (Wildman–Crippen MR) is 103 cm³/mol. The molecule has 0 spiro atoms. The van der Waals surface area contributed by atoms with Crippen molar-refractivity contribution in [3.63, 3.8) is 0 Å². The Balaban J connectivity index is 2.18. The second kappa shape index (κ2) is 8.06. The summed E-state index contributed by atoms with van der Waals surface area (Å²) in [5, 5.41) is 17.5. The van der Waals surface area contributed by atoms with Crippen LogP contribution in [0.3, 0.4) is 0 Å². The molecule has 0 aliphatic rings. The molecule has 0 saturated heterocycles. The summed E-state index contributed by atoms with van der Waals surface area (Å²) in [6.45, 7) is 5.62. The van der Waals surface area contributed by atoms with Crippen LogP contribution in [0, 0.1) is 19.7 Å². The van der Waals surface area contributed by atoms with Gasteiger partial charge in [0.2, 0.25) is 0 Å². The number of carbonyl (C=O) groups excluding carboxylic acids is 1. The number of halogens is 1. The average Bonchev–Trinajstić information content (AvgIpc) is 3.06.